The summed E-state index contributed by atoms with van der Waals surface area (Å²) >= 11 is 0. The van der Waals surface area contributed by atoms with Crippen LogP contribution < -0.4 is 0 Å². The molecule has 0 aromatic carbocycles. The van der Waals surface area contributed by atoms with Crippen LogP contribution in [-0.4, -0.2) is 54.3 Å². The monoisotopic (exact) mass is 215 g/mol. The lowest BCUT2D eigenvalue weighted by molar-refractivity contribution is -0.503. The Morgan fingerprint density at radius 2 is 2.47 bits per heavy atom. The smallest absolute Gasteiger partial charge is 0.307 e. The molecule has 0 N–H and O–H groups in total. The second-order valence-corrected chi connectivity index (χ2v) is 3.77. The van der Waals surface area contributed by atoms with Crippen molar-refractivity contribution in [3.05, 3.63) is 10.1 Å². The lowest BCUT2D eigenvalue weighted by atomic mass is 10.1. The van der Waals surface area contributed by atoms with Crippen LogP contribution in [0.15, 0.2) is 5.10 Å². The highest BCUT2D eigenvalue weighted by atomic mass is 16.6. The Morgan fingerprint density at radius 1 is 1.73 bits per heavy atom. The van der Waals surface area contributed by atoms with Crippen molar-refractivity contribution in [3.8, 4) is 0 Å². The van der Waals surface area contributed by atoms with Gasteiger partial charge < -0.3 is 9.47 Å². The van der Waals surface area contributed by atoms with Gasteiger partial charge in [-0.05, 0) is 6.92 Å². The molecule has 0 aliphatic carbocycles. The Morgan fingerprint density at radius 3 is 2.93 bits per heavy atom. The van der Waals surface area contributed by atoms with Gasteiger partial charge in [-0.3, -0.25) is 15.1 Å². The van der Waals surface area contributed by atoms with Crippen LogP contribution in [0.4, 0.5) is 0 Å². The molecule has 1 unspecified atom stereocenters. The molecule has 2 heterocycles. The van der Waals surface area contributed by atoms with Crippen LogP contribution in [0, 0.1) is 10.1 Å². The fourth-order valence-corrected chi connectivity index (χ4v) is 1.52. The van der Waals surface area contributed by atoms with Gasteiger partial charge in [0.15, 0.2) is 0 Å². The van der Waals surface area contributed by atoms with Gasteiger partial charge in [-0.1, -0.05) is 0 Å². The van der Waals surface area contributed by atoms with E-state index >= 15 is 0 Å². The summed E-state index contributed by atoms with van der Waals surface area (Å²) in [5.41, 5.74) is 0. The third kappa shape index (κ3) is 1.87. The predicted molar refractivity (Wildman–Crippen MR) is 51.1 cm³/mol. The number of hydrogen-bond donors (Lipinski definition) is 0. The van der Waals surface area contributed by atoms with Crippen LogP contribution in [0.1, 0.15) is 6.92 Å². The first-order valence-corrected chi connectivity index (χ1v) is 4.79. The van der Waals surface area contributed by atoms with Crippen LogP contribution in [0.2, 0.25) is 0 Å². The predicted octanol–water partition coefficient (Wildman–Crippen LogP) is -0.306. The van der Waals surface area contributed by atoms with Crippen LogP contribution in [0.3, 0.4) is 0 Å². The molecule has 0 aromatic heterocycles. The third-order valence-corrected chi connectivity index (χ3v) is 2.57. The second kappa shape index (κ2) is 3.65. The SMILES string of the molecule is C[C@H]1OC[C@@H]1OC1=NN(C)CC1[N+](=O)[O-]. The van der Waals surface area contributed by atoms with E-state index in [2.05, 4.69) is 5.10 Å². The zero-order valence-corrected chi connectivity index (χ0v) is 8.62. The van der Waals surface area contributed by atoms with Crippen molar-refractivity contribution in [1.29, 1.82) is 0 Å². The number of nitro groups is 1. The summed E-state index contributed by atoms with van der Waals surface area (Å²) in [5, 5.41) is 16.2. The molecule has 0 saturated carbocycles. The highest BCUT2D eigenvalue weighted by Gasteiger charge is 2.41. The largest absolute Gasteiger partial charge is 0.466 e. The van der Waals surface area contributed by atoms with Crippen molar-refractivity contribution < 1.29 is 14.4 Å². The minimum absolute atomic E-state index is 0.00832. The molecule has 0 amide bonds. The van der Waals surface area contributed by atoms with E-state index in [4.69, 9.17) is 9.47 Å². The van der Waals surface area contributed by atoms with Crippen molar-refractivity contribution in [2.24, 2.45) is 5.10 Å². The van der Waals surface area contributed by atoms with Gasteiger partial charge in [-0.25, -0.2) is 0 Å². The van der Waals surface area contributed by atoms with Gasteiger partial charge in [0.2, 0.25) is 0 Å². The minimum atomic E-state index is -0.845. The van der Waals surface area contributed by atoms with Crippen LogP contribution >= 0.6 is 0 Å². The van der Waals surface area contributed by atoms with Gasteiger partial charge in [-0.2, -0.15) is 0 Å². The molecule has 2 rings (SSSR count). The molecule has 2 aliphatic heterocycles. The van der Waals surface area contributed by atoms with Crippen molar-refractivity contribution in [3.63, 3.8) is 0 Å². The molecule has 1 fully saturated rings. The zero-order valence-electron chi connectivity index (χ0n) is 8.62. The molecular formula is C8H13N3O4. The number of ether oxygens (including phenoxy) is 2. The number of rotatable bonds is 2. The number of nitrogens with zero attached hydrogens (tertiary/aromatic N) is 3. The fraction of sp³-hybridized carbons (Fsp3) is 0.875. The average molecular weight is 215 g/mol. The minimum Gasteiger partial charge on any atom is -0.466 e. The van der Waals surface area contributed by atoms with Gasteiger partial charge in [-0.15, -0.1) is 5.10 Å². The molecule has 0 aromatic rings. The van der Waals surface area contributed by atoms with E-state index in [0.717, 1.165) is 0 Å². The standard InChI is InChI=1S/C8H13N3O4/c1-5-7(4-14-5)15-8-6(11(12)13)3-10(2)9-8/h5-7H,3-4H2,1-2H3/t5-,6?,7+/m1/s1. The highest BCUT2D eigenvalue weighted by molar-refractivity contribution is 5.82. The van der Waals surface area contributed by atoms with Crippen molar-refractivity contribution >= 4 is 5.90 Å². The van der Waals surface area contributed by atoms with Gasteiger partial charge in [0.25, 0.3) is 5.90 Å². The number of hydrazone groups is 1. The quantitative estimate of drug-likeness (QED) is 0.466. The summed E-state index contributed by atoms with van der Waals surface area (Å²) in [7, 11) is 1.69. The lowest BCUT2D eigenvalue weighted by Gasteiger charge is -2.33. The van der Waals surface area contributed by atoms with E-state index in [9.17, 15) is 10.1 Å². The highest BCUT2D eigenvalue weighted by Crippen LogP contribution is 2.19. The molecule has 3 atom stereocenters. The Bertz CT molecular complexity index is 306. The van der Waals surface area contributed by atoms with Crippen molar-refractivity contribution in [2.75, 3.05) is 20.2 Å². The maximum Gasteiger partial charge on any atom is 0.307 e. The zero-order chi connectivity index (χ0) is 11.0. The summed E-state index contributed by atoms with van der Waals surface area (Å²) < 4.78 is 10.6. The first-order chi connectivity index (χ1) is 7.08. The van der Waals surface area contributed by atoms with E-state index < -0.39 is 6.04 Å². The molecule has 2 aliphatic rings. The Hall–Kier alpha value is -1.37. The molecule has 7 nitrogen and oxygen atoms in total. The Balaban J connectivity index is 1.99. The summed E-state index contributed by atoms with van der Waals surface area (Å²) in [4.78, 5) is 10.3. The summed E-state index contributed by atoms with van der Waals surface area (Å²) in [5.74, 6) is 0.197. The molecule has 84 valence electrons. The average Bonchev–Trinajstić information content (AvgIpc) is 2.54. The van der Waals surface area contributed by atoms with E-state index in [1.165, 1.54) is 5.01 Å². The maximum absolute atomic E-state index is 10.7. The fourth-order valence-electron chi connectivity index (χ4n) is 1.52. The topological polar surface area (TPSA) is 77.2 Å². The molecule has 0 bridgehead atoms. The first-order valence-electron chi connectivity index (χ1n) is 4.79. The molecular weight excluding hydrogens is 202 g/mol. The van der Waals surface area contributed by atoms with Gasteiger partial charge in [0.1, 0.15) is 12.6 Å². The third-order valence-electron chi connectivity index (χ3n) is 2.57. The molecule has 0 spiro atoms. The van der Waals surface area contributed by atoms with Crippen LogP contribution in [0.25, 0.3) is 0 Å². The number of hydrogen-bond acceptors (Lipinski definition) is 6. The normalized spacial score (nSPS) is 34.7. The summed E-state index contributed by atoms with van der Waals surface area (Å²) in [6.07, 6.45) is -0.108. The van der Waals surface area contributed by atoms with Gasteiger partial charge in [0.05, 0.1) is 12.7 Å². The van der Waals surface area contributed by atoms with Gasteiger partial charge >= 0.3 is 6.04 Å². The van der Waals surface area contributed by atoms with E-state index in [-0.39, 0.29) is 29.6 Å². The summed E-state index contributed by atoms with van der Waals surface area (Å²) in [6.45, 7) is 2.62. The van der Waals surface area contributed by atoms with Crippen molar-refractivity contribution in [1.82, 2.24) is 5.01 Å². The lowest BCUT2D eigenvalue weighted by Crippen LogP contribution is -2.48. The molecule has 1 saturated heterocycles. The molecule has 0 radical (unpaired) electrons. The van der Waals surface area contributed by atoms with E-state index in [1.54, 1.807) is 7.05 Å². The van der Waals surface area contributed by atoms with E-state index in [0.29, 0.717) is 6.61 Å². The first kappa shape index (κ1) is 10.2. The number of likely N-dealkylation sites (N-methyl/N-ethyl adjacent to an activating group) is 1. The maximum atomic E-state index is 10.7. The van der Waals surface area contributed by atoms with Crippen LogP contribution in [-0.2, 0) is 9.47 Å². The molecule has 15 heavy (non-hydrogen) atoms. The van der Waals surface area contributed by atoms with Crippen LogP contribution in [0.5, 0.6) is 0 Å². The Kier molecular flexibility index (Phi) is 2.47. The van der Waals surface area contributed by atoms with Gasteiger partial charge in [0, 0.05) is 12.0 Å². The summed E-state index contributed by atoms with van der Waals surface area (Å²) in [6, 6.07) is -0.845. The second-order valence-electron chi connectivity index (χ2n) is 3.77. The molecule has 7 heteroatoms. The Labute approximate surface area is 86.8 Å². The van der Waals surface area contributed by atoms with E-state index in [1.807, 2.05) is 6.92 Å². The van der Waals surface area contributed by atoms with Crippen molar-refractivity contribution in [2.45, 2.75) is 25.2 Å².